The Balaban J connectivity index is 2.45. The molecule has 0 amide bonds. The molecule has 4 heteroatoms. The fourth-order valence-electron chi connectivity index (χ4n) is 1.38. The van der Waals surface area contributed by atoms with Crippen molar-refractivity contribution in [1.29, 1.82) is 0 Å². The number of anilines is 1. The molecule has 2 rings (SSSR count). The third-order valence-corrected chi connectivity index (χ3v) is 3.41. The summed E-state index contributed by atoms with van der Waals surface area (Å²) in [4.78, 5) is 6.59. The molecule has 0 unspecified atom stereocenters. The maximum atomic E-state index is 4.41. The average molecular weight is 271 g/mol. The summed E-state index contributed by atoms with van der Waals surface area (Å²) < 4.78 is 1.27. The lowest BCUT2D eigenvalue weighted by Gasteiger charge is -2.16. The minimum absolute atomic E-state index is 0.965. The van der Waals surface area contributed by atoms with Crippen LogP contribution in [0, 0.1) is 0 Å². The Kier molecular flexibility index (Phi) is 3.03. The monoisotopic (exact) mass is 270 g/mol. The van der Waals surface area contributed by atoms with Gasteiger partial charge in [-0.1, -0.05) is 15.9 Å². The summed E-state index contributed by atoms with van der Waals surface area (Å²) in [6.07, 6.45) is 1.87. The van der Waals surface area contributed by atoms with Gasteiger partial charge < -0.3 is 4.90 Å². The fourth-order valence-corrected chi connectivity index (χ4v) is 2.85. The molecule has 0 atom stereocenters. The summed E-state index contributed by atoms with van der Waals surface area (Å²) in [7, 11) is 2.07. The summed E-state index contributed by atoms with van der Waals surface area (Å²) in [5.74, 6) is 1.08. The predicted octanol–water partition coefficient (Wildman–Crippen LogP) is 3.13. The highest BCUT2D eigenvalue weighted by molar-refractivity contribution is 9.09. The zero-order chi connectivity index (χ0) is 9.97. The molecular weight excluding hydrogens is 260 g/mol. The number of halogens is 1. The van der Waals surface area contributed by atoms with Crippen molar-refractivity contribution in [2.75, 3.05) is 23.8 Å². The Morgan fingerprint density at radius 3 is 3.14 bits per heavy atom. The van der Waals surface area contributed by atoms with E-state index in [1.807, 2.05) is 6.20 Å². The van der Waals surface area contributed by atoms with E-state index in [0.717, 1.165) is 17.7 Å². The lowest BCUT2D eigenvalue weighted by atomic mass is 10.3. The zero-order valence-corrected chi connectivity index (χ0v) is 10.3. The molecule has 2 aromatic heterocycles. The molecule has 2 aromatic rings. The van der Waals surface area contributed by atoms with Crippen molar-refractivity contribution in [3.05, 3.63) is 23.7 Å². The van der Waals surface area contributed by atoms with Gasteiger partial charge in [0.15, 0.2) is 0 Å². The van der Waals surface area contributed by atoms with Gasteiger partial charge in [0, 0.05) is 25.1 Å². The van der Waals surface area contributed by atoms with Crippen LogP contribution in [0.25, 0.3) is 10.1 Å². The molecule has 74 valence electrons. The maximum Gasteiger partial charge on any atom is 0.146 e. The Labute approximate surface area is 95.7 Å². The van der Waals surface area contributed by atoms with Crippen molar-refractivity contribution in [2.24, 2.45) is 0 Å². The topological polar surface area (TPSA) is 16.1 Å². The van der Waals surface area contributed by atoms with E-state index in [4.69, 9.17) is 0 Å². The van der Waals surface area contributed by atoms with Gasteiger partial charge in [-0.15, -0.1) is 11.3 Å². The second-order valence-electron chi connectivity index (χ2n) is 3.08. The lowest BCUT2D eigenvalue weighted by molar-refractivity contribution is 0.960. The minimum atomic E-state index is 0.965. The number of alkyl halides is 1. The van der Waals surface area contributed by atoms with Crippen LogP contribution in [-0.2, 0) is 0 Å². The number of pyridine rings is 1. The summed E-state index contributed by atoms with van der Waals surface area (Å²) in [6, 6.07) is 4.18. The molecule has 0 aliphatic heterocycles. The van der Waals surface area contributed by atoms with Gasteiger partial charge in [-0.05, 0) is 22.9 Å². The predicted molar refractivity (Wildman–Crippen MR) is 66.7 cm³/mol. The number of hydrogen-bond acceptors (Lipinski definition) is 3. The van der Waals surface area contributed by atoms with Crippen molar-refractivity contribution in [3.8, 4) is 0 Å². The van der Waals surface area contributed by atoms with Gasteiger partial charge in [0.25, 0.3) is 0 Å². The number of nitrogens with zero attached hydrogens (tertiary/aromatic N) is 2. The van der Waals surface area contributed by atoms with E-state index in [9.17, 15) is 0 Å². The number of aromatic nitrogens is 1. The van der Waals surface area contributed by atoms with Crippen LogP contribution in [0.2, 0.25) is 0 Å². The third kappa shape index (κ3) is 1.77. The fraction of sp³-hybridized carbons (Fsp3) is 0.300. The van der Waals surface area contributed by atoms with Gasteiger partial charge in [0.2, 0.25) is 0 Å². The van der Waals surface area contributed by atoms with E-state index in [-0.39, 0.29) is 0 Å². The molecule has 0 aromatic carbocycles. The standard InChI is InChI=1S/C10H11BrN2S/c1-13(6-4-11)10-9-8(2-5-12-10)3-7-14-9/h2-3,5,7H,4,6H2,1H3. The second kappa shape index (κ2) is 4.28. The molecule has 0 N–H and O–H groups in total. The van der Waals surface area contributed by atoms with Crippen LogP contribution in [0.5, 0.6) is 0 Å². The van der Waals surface area contributed by atoms with Crippen molar-refractivity contribution in [3.63, 3.8) is 0 Å². The summed E-state index contributed by atoms with van der Waals surface area (Å²) in [5, 5.41) is 4.35. The van der Waals surface area contributed by atoms with Gasteiger partial charge in [0.1, 0.15) is 5.82 Å². The third-order valence-electron chi connectivity index (χ3n) is 2.13. The van der Waals surface area contributed by atoms with Crippen molar-refractivity contribution < 1.29 is 0 Å². The van der Waals surface area contributed by atoms with Crippen LogP contribution in [0.4, 0.5) is 5.82 Å². The summed E-state index contributed by atoms with van der Waals surface area (Å²) >= 11 is 5.18. The molecule has 0 fully saturated rings. The van der Waals surface area contributed by atoms with Crippen molar-refractivity contribution in [1.82, 2.24) is 4.98 Å². The molecule has 2 nitrogen and oxygen atoms in total. The molecule has 0 spiro atoms. The Morgan fingerprint density at radius 1 is 1.50 bits per heavy atom. The van der Waals surface area contributed by atoms with Crippen LogP contribution in [0.3, 0.4) is 0 Å². The first-order chi connectivity index (χ1) is 6.83. The van der Waals surface area contributed by atoms with Gasteiger partial charge >= 0.3 is 0 Å². The van der Waals surface area contributed by atoms with E-state index in [1.165, 1.54) is 10.1 Å². The molecule has 0 saturated carbocycles. The van der Waals surface area contributed by atoms with E-state index in [0.29, 0.717) is 0 Å². The SMILES string of the molecule is CN(CCBr)c1nccc2ccsc12. The van der Waals surface area contributed by atoms with Crippen molar-refractivity contribution in [2.45, 2.75) is 0 Å². The summed E-state index contributed by atoms with van der Waals surface area (Å²) in [5.41, 5.74) is 0. The van der Waals surface area contributed by atoms with Crippen LogP contribution in [-0.4, -0.2) is 23.9 Å². The molecule has 0 aliphatic rings. The van der Waals surface area contributed by atoms with Gasteiger partial charge in [-0.25, -0.2) is 4.98 Å². The molecular formula is C10H11BrN2S. The largest absolute Gasteiger partial charge is 0.358 e. The quantitative estimate of drug-likeness (QED) is 0.797. The van der Waals surface area contributed by atoms with E-state index in [1.54, 1.807) is 11.3 Å². The number of fused-ring (bicyclic) bond motifs is 1. The smallest absolute Gasteiger partial charge is 0.146 e. The van der Waals surface area contributed by atoms with Crippen LogP contribution >= 0.6 is 27.3 Å². The van der Waals surface area contributed by atoms with Crippen LogP contribution in [0.1, 0.15) is 0 Å². The highest BCUT2D eigenvalue weighted by Gasteiger charge is 2.07. The minimum Gasteiger partial charge on any atom is -0.358 e. The van der Waals surface area contributed by atoms with Crippen molar-refractivity contribution >= 4 is 43.2 Å². The van der Waals surface area contributed by atoms with Crippen LogP contribution in [0.15, 0.2) is 23.7 Å². The van der Waals surface area contributed by atoms with Crippen LogP contribution < -0.4 is 4.90 Å². The molecule has 0 aliphatic carbocycles. The second-order valence-corrected chi connectivity index (χ2v) is 4.79. The molecule has 0 radical (unpaired) electrons. The lowest BCUT2D eigenvalue weighted by Crippen LogP contribution is -2.20. The normalized spacial score (nSPS) is 10.7. The Bertz CT molecular complexity index is 427. The molecule has 0 saturated heterocycles. The highest BCUT2D eigenvalue weighted by Crippen LogP contribution is 2.28. The Morgan fingerprint density at radius 2 is 2.36 bits per heavy atom. The number of thiophene rings is 1. The molecule has 14 heavy (non-hydrogen) atoms. The van der Waals surface area contributed by atoms with Gasteiger partial charge in [-0.2, -0.15) is 0 Å². The first kappa shape index (κ1) is 9.93. The zero-order valence-electron chi connectivity index (χ0n) is 7.90. The molecule has 2 heterocycles. The van der Waals surface area contributed by atoms with Gasteiger partial charge in [0.05, 0.1) is 4.70 Å². The van der Waals surface area contributed by atoms with E-state index >= 15 is 0 Å². The maximum absolute atomic E-state index is 4.41. The van der Waals surface area contributed by atoms with E-state index in [2.05, 4.69) is 50.4 Å². The summed E-state index contributed by atoms with van der Waals surface area (Å²) in [6.45, 7) is 0.976. The number of hydrogen-bond donors (Lipinski definition) is 0. The first-order valence-corrected chi connectivity index (χ1v) is 6.42. The highest BCUT2D eigenvalue weighted by atomic mass is 79.9. The average Bonchev–Trinajstić information content (AvgIpc) is 2.65. The van der Waals surface area contributed by atoms with E-state index < -0.39 is 0 Å². The van der Waals surface area contributed by atoms with Gasteiger partial charge in [-0.3, -0.25) is 0 Å². The molecule has 0 bridgehead atoms. The first-order valence-electron chi connectivity index (χ1n) is 4.42. The Hall–Kier alpha value is -0.610. The number of rotatable bonds is 3.